The number of likely N-dealkylation sites (tertiary alicyclic amines) is 1. The van der Waals surface area contributed by atoms with E-state index in [-0.39, 0.29) is 0 Å². The minimum atomic E-state index is 0.339. The maximum atomic E-state index is 2.77. The van der Waals surface area contributed by atoms with E-state index in [1.807, 2.05) is 0 Å². The maximum Gasteiger partial charge on any atom is 0.0179 e. The highest BCUT2D eigenvalue weighted by Crippen LogP contribution is 2.61. The summed E-state index contributed by atoms with van der Waals surface area (Å²) in [6, 6.07) is 1.63. The van der Waals surface area contributed by atoms with Crippen molar-refractivity contribution < 1.29 is 0 Å². The molecule has 0 radical (unpaired) electrons. The molecule has 0 bridgehead atoms. The van der Waals surface area contributed by atoms with Gasteiger partial charge in [-0.25, -0.2) is 0 Å². The van der Waals surface area contributed by atoms with Gasteiger partial charge in [0.05, 0.1) is 0 Å². The molecule has 1 saturated heterocycles. The third-order valence-electron chi connectivity index (χ3n) is 4.87. The van der Waals surface area contributed by atoms with Crippen LogP contribution in [0.4, 0.5) is 0 Å². The smallest absolute Gasteiger partial charge is 0.0179 e. The van der Waals surface area contributed by atoms with E-state index in [4.69, 9.17) is 0 Å². The highest BCUT2D eigenvalue weighted by Gasteiger charge is 2.65. The van der Waals surface area contributed by atoms with Crippen molar-refractivity contribution in [2.24, 2.45) is 5.41 Å². The van der Waals surface area contributed by atoms with Gasteiger partial charge in [0, 0.05) is 29.6 Å². The van der Waals surface area contributed by atoms with E-state index in [9.17, 15) is 0 Å². The summed E-state index contributed by atoms with van der Waals surface area (Å²) in [6.07, 6.45) is 2.84. The molecule has 2 aliphatic rings. The third kappa shape index (κ3) is 2.26. The summed E-state index contributed by atoms with van der Waals surface area (Å²) in [4.78, 5) is 5.38. The van der Waals surface area contributed by atoms with Crippen molar-refractivity contribution in [3.63, 3.8) is 0 Å². The molecule has 0 aromatic heterocycles. The zero-order valence-electron chi connectivity index (χ0n) is 12.6. The van der Waals surface area contributed by atoms with E-state index >= 15 is 0 Å². The topological polar surface area (TPSA) is 6.48 Å². The van der Waals surface area contributed by atoms with Gasteiger partial charge in [-0.15, -0.1) is 0 Å². The molecule has 2 fully saturated rings. The van der Waals surface area contributed by atoms with Crippen LogP contribution < -0.4 is 0 Å². The Kier molecular flexibility index (Phi) is 3.33. The van der Waals surface area contributed by atoms with Gasteiger partial charge in [0.25, 0.3) is 0 Å². The van der Waals surface area contributed by atoms with Crippen LogP contribution in [0, 0.1) is 5.41 Å². The van der Waals surface area contributed by atoms with Crippen LogP contribution in [0.2, 0.25) is 0 Å². The molecule has 0 amide bonds. The highest BCUT2D eigenvalue weighted by molar-refractivity contribution is 5.19. The molecule has 1 heterocycles. The van der Waals surface area contributed by atoms with Crippen molar-refractivity contribution in [3.05, 3.63) is 0 Å². The van der Waals surface area contributed by atoms with Gasteiger partial charge in [0.1, 0.15) is 0 Å². The number of rotatable bonds is 4. The van der Waals surface area contributed by atoms with Gasteiger partial charge >= 0.3 is 0 Å². The zero-order chi connectivity index (χ0) is 12.8. The van der Waals surface area contributed by atoms with Crippen LogP contribution in [-0.2, 0) is 0 Å². The molecule has 1 aliphatic heterocycles. The Balaban J connectivity index is 2.04. The second-order valence-electron chi connectivity index (χ2n) is 7.17. The summed E-state index contributed by atoms with van der Waals surface area (Å²) >= 11 is 0. The van der Waals surface area contributed by atoms with Gasteiger partial charge < -0.3 is 4.90 Å². The van der Waals surface area contributed by atoms with Crippen molar-refractivity contribution >= 4 is 0 Å². The number of piperidine rings is 1. The Morgan fingerprint density at radius 1 is 1.18 bits per heavy atom. The molecular weight excluding hydrogens is 208 g/mol. The fraction of sp³-hybridized carbons (Fsp3) is 1.00. The normalized spacial score (nSPS) is 37.6. The average Bonchev–Trinajstić information content (AvgIpc) is 2.78. The Morgan fingerprint density at radius 3 is 2.18 bits per heavy atom. The van der Waals surface area contributed by atoms with Crippen LogP contribution in [0.3, 0.4) is 0 Å². The molecule has 2 rings (SSSR count). The molecular formula is C15H30N2. The first kappa shape index (κ1) is 13.4. The van der Waals surface area contributed by atoms with E-state index < -0.39 is 0 Å². The lowest BCUT2D eigenvalue weighted by Gasteiger charge is -2.37. The SMILES string of the molecule is CCN(CC)C[C@@]12C[C@@H](C)N(C(C)(C)C)[C@@H]1C2. The molecule has 0 aromatic rings. The van der Waals surface area contributed by atoms with Gasteiger partial charge in [-0.1, -0.05) is 13.8 Å². The summed E-state index contributed by atoms with van der Waals surface area (Å²) in [5, 5.41) is 0. The van der Waals surface area contributed by atoms with Crippen LogP contribution in [0.25, 0.3) is 0 Å². The average molecular weight is 238 g/mol. The van der Waals surface area contributed by atoms with E-state index in [0.717, 1.165) is 12.1 Å². The molecule has 1 aliphatic carbocycles. The van der Waals surface area contributed by atoms with Gasteiger partial charge in [-0.3, -0.25) is 4.90 Å². The van der Waals surface area contributed by atoms with E-state index in [1.54, 1.807) is 0 Å². The quantitative estimate of drug-likeness (QED) is 0.743. The van der Waals surface area contributed by atoms with Gasteiger partial charge in [-0.2, -0.15) is 0 Å². The molecule has 0 spiro atoms. The van der Waals surface area contributed by atoms with Crippen LogP contribution in [0.1, 0.15) is 54.4 Å². The van der Waals surface area contributed by atoms with Crippen molar-refractivity contribution in [1.29, 1.82) is 0 Å². The van der Waals surface area contributed by atoms with Crippen molar-refractivity contribution in [2.45, 2.75) is 72.0 Å². The predicted octanol–water partition coefficient (Wildman–Crippen LogP) is 2.98. The first-order chi connectivity index (χ1) is 7.84. The molecule has 2 heteroatoms. The Morgan fingerprint density at radius 2 is 1.76 bits per heavy atom. The molecule has 100 valence electrons. The van der Waals surface area contributed by atoms with Crippen molar-refractivity contribution in [1.82, 2.24) is 9.80 Å². The number of hydrogen-bond acceptors (Lipinski definition) is 2. The van der Waals surface area contributed by atoms with E-state index in [0.29, 0.717) is 11.0 Å². The Bertz CT molecular complexity index is 277. The molecule has 1 saturated carbocycles. The molecule has 0 aromatic carbocycles. The highest BCUT2D eigenvalue weighted by atomic mass is 15.3. The lowest BCUT2D eigenvalue weighted by molar-refractivity contribution is 0.104. The molecule has 0 unspecified atom stereocenters. The second kappa shape index (κ2) is 4.24. The van der Waals surface area contributed by atoms with Crippen LogP contribution in [-0.4, -0.2) is 47.1 Å². The minimum absolute atomic E-state index is 0.339. The minimum Gasteiger partial charge on any atom is -0.303 e. The summed E-state index contributed by atoms with van der Waals surface area (Å²) < 4.78 is 0. The Labute approximate surface area is 107 Å². The predicted molar refractivity (Wildman–Crippen MR) is 74.3 cm³/mol. The molecule has 17 heavy (non-hydrogen) atoms. The second-order valence-corrected chi connectivity index (χ2v) is 7.17. The van der Waals surface area contributed by atoms with Crippen LogP contribution >= 0.6 is 0 Å². The van der Waals surface area contributed by atoms with Crippen LogP contribution in [0.15, 0.2) is 0 Å². The molecule has 0 N–H and O–H groups in total. The molecule has 2 nitrogen and oxygen atoms in total. The summed E-state index contributed by atoms with van der Waals surface area (Å²) in [6.45, 7) is 17.8. The first-order valence-electron chi connectivity index (χ1n) is 7.35. The summed E-state index contributed by atoms with van der Waals surface area (Å²) in [5.41, 5.74) is 0.976. The zero-order valence-corrected chi connectivity index (χ0v) is 12.6. The van der Waals surface area contributed by atoms with Gasteiger partial charge in [0.2, 0.25) is 0 Å². The van der Waals surface area contributed by atoms with Gasteiger partial charge in [0.15, 0.2) is 0 Å². The standard InChI is InChI=1S/C15H30N2/c1-7-16(8-2)11-15-9-12(3)17(13(15)10-15)14(4,5)6/h12-13H,7-11H2,1-6H3/t12-,13-,15+/m1/s1. The number of fused-ring (bicyclic) bond motifs is 1. The van der Waals surface area contributed by atoms with Crippen molar-refractivity contribution in [2.75, 3.05) is 19.6 Å². The number of nitrogens with zero attached hydrogens (tertiary/aromatic N) is 2. The van der Waals surface area contributed by atoms with E-state index in [1.165, 1.54) is 32.5 Å². The summed E-state index contributed by atoms with van der Waals surface area (Å²) in [5.74, 6) is 0. The first-order valence-corrected chi connectivity index (χ1v) is 7.35. The fourth-order valence-electron chi connectivity index (χ4n) is 4.19. The fourth-order valence-corrected chi connectivity index (χ4v) is 4.19. The van der Waals surface area contributed by atoms with Gasteiger partial charge in [-0.05, 0) is 53.6 Å². The number of hydrogen-bond donors (Lipinski definition) is 0. The van der Waals surface area contributed by atoms with Crippen LogP contribution in [0.5, 0.6) is 0 Å². The lowest BCUT2D eigenvalue weighted by atomic mass is 9.99. The van der Waals surface area contributed by atoms with Crippen molar-refractivity contribution in [3.8, 4) is 0 Å². The molecule has 3 atom stereocenters. The largest absolute Gasteiger partial charge is 0.303 e. The Hall–Kier alpha value is -0.0800. The summed E-state index contributed by atoms with van der Waals surface area (Å²) in [7, 11) is 0. The van der Waals surface area contributed by atoms with E-state index in [2.05, 4.69) is 51.3 Å². The lowest BCUT2D eigenvalue weighted by Crippen LogP contribution is -2.45. The third-order valence-corrected chi connectivity index (χ3v) is 4.87. The monoisotopic (exact) mass is 238 g/mol. The maximum absolute atomic E-state index is 2.77.